The topological polar surface area (TPSA) is 70.2 Å². The zero-order valence-corrected chi connectivity index (χ0v) is 11.4. The third-order valence-electron chi connectivity index (χ3n) is 2.84. The summed E-state index contributed by atoms with van der Waals surface area (Å²) in [7, 11) is 0. The van der Waals surface area contributed by atoms with E-state index in [1.165, 1.54) is 17.4 Å². The van der Waals surface area contributed by atoms with Crippen molar-refractivity contribution in [2.24, 2.45) is 0 Å². The van der Waals surface area contributed by atoms with E-state index in [1.54, 1.807) is 19.9 Å². The lowest BCUT2D eigenvalue weighted by Crippen LogP contribution is -2.01. The second-order valence-corrected chi connectivity index (χ2v) is 5.12. The quantitative estimate of drug-likeness (QED) is 0.664. The molecule has 0 aliphatic heterocycles. The Hall–Kier alpha value is -2.14. The van der Waals surface area contributed by atoms with Gasteiger partial charge < -0.3 is 10.1 Å². The standard InChI is InChI=1S/C14H13NO3S/c1-8-12(9(2)15-13(8)14(17)18)11(16)6-5-10-4-3-7-19-10/h3-7,15H,1-2H3,(H,17,18)/b6-5+. The number of H-pyrrole nitrogens is 1. The highest BCUT2D eigenvalue weighted by atomic mass is 32.1. The van der Waals surface area contributed by atoms with Gasteiger partial charge in [-0.05, 0) is 43.0 Å². The first-order valence-electron chi connectivity index (χ1n) is 5.69. The highest BCUT2D eigenvalue weighted by Crippen LogP contribution is 2.20. The number of hydrogen-bond acceptors (Lipinski definition) is 3. The molecule has 0 radical (unpaired) electrons. The zero-order valence-electron chi connectivity index (χ0n) is 10.6. The third kappa shape index (κ3) is 2.66. The molecular weight excluding hydrogens is 262 g/mol. The van der Waals surface area contributed by atoms with Gasteiger partial charge in [0.25, 0.3) is 0 Å². The van der Waals surface area contributed by atoms with Gasteiger partial charge in [0.15, 0.2) is 5.78 Å². The van der Waals surface area contributed by atoms with Crippen LogP contribution in [0.2, 0.25) is 0 Å². The first kappa shape index (κ1) is 13.3. The number of aryl methyl sites for hydroxylation is 1. The fourth-order valence-corrected chi connectivity index (χ4v) is 2.58. The molecule has 0 amide bonds. The number of rotatable bonds is 4. The van der Waals surface area contributed by atoms with Gasteiger partial charge in [0, 0.05) is 16.1 Å². The monoisotopic (exact) mass is 275 g/mol. The van der Waals surface area contributed by atoms with Crippen LogP contribution in [-0.4, -0.2) is 21.8 Å². The molecule has 0 spiro atoms. The molecule has 0 bridgehead atoms. The minimum Gasteiger partial charge on any atom is -0.477 e. The van der Waals surface area contributed by atoms with E-state index >= 15 is 0 Å². The van der Waals surface area contributed by atoms with Crippen molar-refractivity contribution in [1.82, 2.24) is 4.98 Å². The molecule has 0 aliphatic rings. The number of nitrogens with one attached hydrogen (secondary N) is 1. The lowest BCUT2D eigenvalue weighted by atomic mass is 10.1. The van der Waals surface area contributed by atoms with Crippen molar-refractivity contribution in [2.45, 2.75) is 13.8 Å². The molecule has 0 aromatic carbocycles. The fraction of sp³-hybridized carbons (Fsp3) is 0.143. The summed E-state index contributed by atoms with van der Waals surface area (Å²) in [6, 6.07) is 3.82. The van der Waals surface area contributed by atoms with Crippen LogP contribution in [0.3, 0.4) is 0 Å². The van der Waals surface area contributed by atoms with E-state index in [0.717, 1.165) is 4.88 Å². The third-order valence-corrected chi connectivity index (χ3v) is 3.68. The largest absolute Gasteiger partial charge is 0.477 e. The highest BCUT2D eigenvalue weighted by molar-refractivity contribution is 7.10. The van der Waals surface area contributed by atoms with Crippen LogP contribution in [0.5, 0.6) is 0 Å². The van der Waals surface area contributed by atoms with E-state index in [0.29, 0.717) is 16.8 Å². The molecular formula is C14H13NO3S. The summed E-state index contributed by atoms with van der Waals surface area (Å²) >= 11 is 1.54. The predicted octanol–water partition coefficient (Wildman–Crippen LogP) is 3.29. The average molecular weight is 275 g/mol. The van der Waals surface area contributed by atoms with Gasteiger partial charge in [-0.15, -0.1) is 11.3 Å². The summed E-state index contributed by atoms with van der Waals surface area (Å²) in [5.74, 6) is -1.24. The normalized spacial score (nSPS) is 11.1. The summed E-state index contributed by atoms with van der Waals surface area (Å²) in [5, 5.41) is 10.9. The van der Waals surface area contributed by atoms with Gasteiger partial charge in [0.05, 0.1) is 0 Å². The molecule has 2 aromatic heterocycles. The van der Waals surface area contributed by atoms with E-state index in [2.05, 4.69) is 4.98 Å². The maximum atomic E-state index is 12.1. The molecule has 98 valence electrons. The number of aromatic nitrogens is 1. The Balaban J connectivity index is 2.32. The number of thiophene rings is 1. The van der Waals surface area contributed by atoms with Crippen LogP contribution >= 0.6 is 11.3 Å². The number of carbonyl (C=O) groups excluding carboxylic acids is 1. The predicted molar refractivity (Wildman–Crippen MR) is 74.9 cm³/mol. The van der Waals surface area contributed by atoms with Crippen molar-refractivity contribution in [3.63, 3.8) is 0 Å². The Morgan fingerprint density at radius 1 is 1.37 bits per heavy atom. The van der Waals surface area contributed by atoms with Gasteiger partial charge in [-0.2, -0.15) is 0 Å². The SMILES string of the molecule is Cc1[nH]c(C(=O)O)c(C)c1C(=O)/C=C/c1cccs1. The van der Waals surface area contributed by atoms with E-state index in [9.17, 15) is 9.59 Å². The van der Waals surface area contributed by atoms with Gasteiger partial charge in [-0.3, -0.25) is 4.79 Å². The highest BCUT2D eigenvalue weighted by Gasteiger charge is 2.19. The van der Waals surface area contributed by atoms with Gasteiger partial charge in [-0.25, -0.2) is 4.79 Å². The number of carbonyl (C=O) groups is 2. The zero-order chi connectivity index (χ0) is 14.0. The van der Waals surface area contributed by atoms with Crippen LogP contribution in [0.1, 0.15) is 37.0 Å². The van der Waals surface area contributed by atoms with Crippen LogP contribution in [0.25, 0.3) is 6.08 Å². The maximum Gasteiger partial charge on any atom is 0.352 e. The summed E-state index contributed by atoms with van der Waals surface area (Å²) < 4.78 is 0. The second kappa shape index (κ2) is 5.24. The summed E-state index contributed by atoms with van der Waals surface area (Å²) in [4.78, 5) is 26.8. The number of carboxylic acids is 1. The molecule has 2 heterocycles. The van der Waals surface area contributed by atoms with E-state index in [1.807, 2.05) is 17.5 Å². The van der Waals surface area contributed by atoms with E-state index < -0.39 is 5.97 Å². The van der Waals surface area contributed by atoms with Gasteiger partial charge in [0.1, 0.15) is 5.69 Å². The second-order valence-electron chi connectivity index (χ2n) is 4.14. The minimum absolute atomic E-state index is 0.0744. The number of hydrogen-bond donors (Lipinski definition) is 2. The summed E-state index contributed by atoms with van der Waals surface area (Å²) in [6.45, 7) is 3.34. The van der Waals surface area contributed by atoms with Crippen molar-refractivity contribution in [2.75, 3.05) is 0 Å². The summed E-state index contributed by atoms with van der Waals surface area (Å²) in [6.07, 6.45) is 3.21. The van der Waals surface area contributed by atoms with Crippen molar-refractivity contribution in [3.05, 3.63) is 51.0 Å². The molecule has 2 aromatic rings. The Morgan fingerprint density at radius 2 is 2.11 bits per heavy atom. The molecule has 0 saturated heterocycles. The van der Waals surface area contributed by atoms with Gasteiger partial charge in [-0.1, -0.05) is 6.07 Å². The first-order valence-corrected chi connectivity index (χ1v) is 6.57. The Bertz CT molecular complexity index is 651. The van der Waals surface area contributed by atoms with Crippen LogP contribution in [0.4, 0.5) is 0 Å². The minimum atomic E-state index is -1.05. The average Bonchev–Trinajstić information content (AvgIpc) is 2.94. The molecule has 0 aliphatic carbocycles. The molecule has 0 atom stereocenters. The number of aromatic amines is 1. The van der Waals surface area contributed by atoms with Crippen LogP contribution in [-0.2, 0) is 0 Å². The van der Waals surface area contributed by atoms with Crippen LogP contribution < -0.4 is 0 Å². The van der Waals surface area contributed by atoms with Crippen molar-refractivity contribution >= 4 is 29.2 Å². The number of ketones is 1. The van der Waals surface area contributed by atoms with Crippen molar-refractivity contribution in [1.29, 1.82) is 0 Å². The Kier molecular flexibility index (Phi) is 3.66. The first-order chi connectivity index (χ1) is 9.00. The molecule has 19 heavy (non-hydrogen) atoms. The molecule has 0 fully saturated rings. The number of aromatic carboxylic acids is 1. The number of allylic oxidation sites excluding steroid dienone is 1. The molecule has 0 unspecified atom stereocenters. The fourth-order valence-electron chi connectivity index (χ4n) is 1.96. The molecule has 2 rings (SSSR count). The lowest BCUT2D eigenvalue weighted by Gasteiger charge is -1.96. The lowest BCUT2D eigenvalue weighted by molar-refractivity contribution is 0.0690. The smallest absolute Gasteiger partial charge is 0.352 e. The number of carboxylic acid groups (broad SMARTS) is 1. The van der Waals surface area contributed by atoms with Crippen LogP contribution in [0.15, 0.2) is 23.6 Å². The summed E-state index contributed by atoms with van der Waals surface area (Å²) in [5.41, 5.74) is 1.57. The van der Waals surface area contributed by atoms with Gasteiger partial charge in [0.2, 0.25) is 0 Å². The Labute approximate surface area is 114 Å². The Morgan fingerprint density at radius 3 is 2.63 bits per heavy atom. The maximum absolute atomic E-state index is 12.1. The molecule has 2 N–H and O–H groups in total. The van der Waals surface area contributed by atoms with Crippen molar-refractivity contribution < 1.29 is 14.7 Å². The van der Waals surface area contributed by atoms with Crippen LogP contribution in [0, 0.1) is 13.8 Å². The van der Waals surface area contributed by atoms with E-state index in [-0.39, 0.29) is 11.5 Å². The van der Waals surface area contributed by atoms with E-state index in [4.69, 9.17) is 5.11 Å². The molecule has 5 heteroatoms. The molecule has 4 nitrogen and oxygen atoms in total. The van der Waals surface area contributed by atoms with Crippen molar-refractivity contribution in [3.8, 4) is 0 Å². The molecule has 0 saturated carbocycles. The van der Waals surface area contributed by atoms with Gasteiger partial charge >= 0.3 is 5.97 Å².